The highest BCUT2D eigenvalue weighted by Gasteiger charge is 2.29. The summed E-state index contributed by atoms with van der Waals surface area (Å²) in [5, 5.41) is 0. The highest BCUT2D eigenvalue weighted by Crippen LogP contribution is 2.32. The molecular formula is C17H29N3O. The largest absolute Gasteiger partial charge is 0.476 e. The van der Waals surface area contributed by atoms with Crippen molar-refractivity contribution in [3.05, 3.63) is 12.1 Å². The summed E-state index contributed by atoms with van der Waals surface area (Å²) in [5.41, 5.74) is 6.60. The van der Waals surface area contributed by atoms with Gasteiger partial charge in [0.05, 0.1) is 12.3 Å². The van der Waals surface area contributed by atoms with Crippen LogP contribution in [0.1, 0.15) is 41.0 Å². The molecule has 0 bridgehead atoms. The lowest BCUT2D eigenvalue weighted by Crippen LogP contribution is -2.46. The molecule has 0 radical (unpaired) electrons. The van der Waals surface area contributed by atoms with Crippen molar-refractivity contribution in [1.82, 2.24) is 4.98 Å². The summed E-state index contributed by atoms with van der Waals surface area (Å²) in [7, 11) is 0. The average molecular weight is 291 g/mol. The Morgan fingerprint density at radius 1 is 1.33 bits per heavy atom. The van der Waals surface area contributed by atoms with Gasteiger partial charge in [-0.1, -0.05) is 27.7 Å². The van der Waals surface area contributed by atoms with E-state index in [0.717, 1.165) is 12.4 Å². The Kier molecular flexibility index (Phi) is 4.96. The lowest BCUT2D eigenvalue weighted by atomic mass is 9.86. The van der Waals surface area contributed by atoms with Gasteiger partial charge in [-0.2, -0.15) is 4.98 Å². The van der Waals surface area contributed by atoms with Crippen LogP contribution in [-0.4, -0.2) is 24.2 Å². The molecule has 2 heterocycles. The third kappa shape index (κ3) is 3.80. The molecule has 0 spiro atoms. The number of nitrogens with zero attached hydrogens (tertiary/aromatic N) is 2. The fourth-order valence-corrected chi connectivity index (χ4v) is 2.98. The SMILES string of the molecule is CC(C)COc1nc(N2CC(C)CC(C)C2C)ccc1N. The second kappa shape index (κ2) is 6.54. The molecule has 118 valence electrons. The van der Waals surface area contributed by atoms with E-state index in [1.54, 1.807) is 0 Å². The van der Waals surface area contributed by atoms with Crippen molar-refractivity contribution in [3.63, 3.8) is 0 Å². The molecule has 1 aliphatic heterocycles. The molecule has 0 aliphatic carbocycles. The first-order valence-corrected chi connectivity index (χ1v) is 8.04. The monoisotopic (exact) mass is 291 g/mol. The molecule has 1 aliphatic rings. The van der Waals surface area contributed by atoms with Gasteiger partial charge in [-0.3, -0.25) is 0 Å². The molecule has 4 heteroatoms. The summed E-state index contributed by atoms with van der Waals surface area (Å²) in [4.78, 5) is 7.06. The molecular weight excluding hydrogens is 262 g/mol. The molecule has 3 unspecified atom stereocenters. The quantitative estimate of drug-likeness (QED) is 0.921. The van der Waals surface area contributed by atoms with Crippen molar-refractivity contribution in [2.24, 2.45) is 17.8 Å². The number of rotatable bonds is 4. The van der Waals surface area contributed by atoms with E-state index in [4.69, 9.17) is 10.5 Å². The van der Waals surface area contributed by atoms with Gasteiger partial charge in [-0.05, 0) is 43.2 Å². The van der Waals surface area contributed by atoms with Gasteiger partial charge >= 0.3 is 0 Å². The van der Waals surface area contributed by atoms with Crippen molar-refractivity contribution in [1.29, 1.82) is 0 Å². The van der Waals surface area contributed by atoms with Crippen LogP contribution in [-0.2, 0) is 0 Å². The Hall–Kier alpha value is -1.45. The van der Waals surface area contributed by atoms with E-state index in [1.165, 1.54) is 6.42 Å². The van der Waals surface area contributed by atoms with Gasteiger partial charge in [-0.25, -0.2) is 0 Å². The van der Waals surface area contributed by atoms with Crippen LogP contribution in [0, 0.1) is 17.8 Å². The average Bonchev–Trinajstić information content (AvgIpc) is 2.42. The van der Waals surface area contributed by atoms with Gasteiger partial charge in [-0.15, -0.1) is 0 Å². The number of piperidine rings is 1. The molecule has 1 aromatic rings. The molecule has 2 N–H and O–H groups in total. The summed E-state index contributed by atoms with van der Waals surface area (Å²) >= 11 is 0. The molecule has 3 atom stereocenters. The maximum Gasteiger partial charge on any atom is 0.239 e. The second-order valence-electron chi connectivity index (χ2n) is 6.98. The van der Waals surface area contributed by atoms with Crippen LogP contribution in [0.25, 0.3) is 0 Å². The standard InChI is InChI=1S/C17H29N3O/c1-11(2)10-21-17-15(18)6-7-16(19-17)20-9-12(3)8-13(4)14(20)5/h6-7,11-14H,8-10,18H2,1-5H3. The Balaban J connectivity index is 2.21. The topological polar surface area (TPSA) is 51.4 Å². The number of ether oxygens (including phenoxy) is 1. The minimum absolute atomic E-state index is 0.462. The first kappa shape index (κ1) is 15.9. The summed E-state index contributed by atoms with van der Waals surface area (Å²) in [5.74, 6) is 3.38. The number of pyridine rings is 1. The number of nitrogens with two attached hydrogens (primary N) is 1. The van der Waals surface area contributed by atoms with Gasteiger partial charge in [0, 0.05) is 12.6 Å². The van der Waals surface area contributed by atoms with Crippen LogP contribution < -0.4 is 15.4 Å². The molecule has 0 amide bonds. The lowest BCUT2D eigenvalue weighted by Gasteiger charge is -2.42. The van der Waals surface area contributed by atoms with E-state index in [2.05, 4.69) is 44.5 Å². The van der Waals surface area contributed by atoms with Gasteiger partial charge in [0.25, 0.3) is 0 Å². The highest BCUT2D eigenvalue weighted by molar-refractivity contribution is 5.55. The van der Waals surface area contributed by atoms with Crippen LogP contribution in [0.15, 0.2) is 12.1 Å². The second-order valence-corrected chi connectivity index (χ2v) is 6.98. The minimum atomic E-state index is 0.462. The van der Waals surface area contributed by atoms with Crippen LogP contribution in [0.5, 0.6) is 5.88 Å². The van der Waals surface area contributed by atoms with Gasteiger partial charge in [0.15, 0.2) is 0 Å². The molecule has 0 aromatic carbocycles. The molecule has 0 saturated carbocycles. The van der Waals surface area contributed by atoms with Crippen LogP contribution in [0.3, 0.4) is 0 Å². The fraction of sp³-hybridized carbons (Fsp3) is 0.706. The van der Waals surface area contributed by atoms with Crippen LogP contribution >= 0.6 is 0 Å². The third-order valence-electron chi connectivity index (χ3n) is 4.32. The summed E-state index contributed by atoms with van der Waals surface area (Å²) in [6, 6.07) is 4.42. The molecule has 1 fully saturated rings. The number of aromatic nitrogens is 1. The summed E-state index contributed by atoms with van der Waals surface area (Å²) in [6.07, 6.45) is 1.28. The van der Waals surface area contributed by atoms with Crippen LogP contribution in [0.4, 0.5) is 11.5 Å². The molecule has 21 heavy (non-hydrogen) atoms. The van der Waals surface area contributed by atoms with Gasteiger partial charge in [0.1, 0.15) is 5.82 Å². The Labute approximate surface area is 128 Å². The Morgan fingerprint density at radius 3 is 2.71 bits per heavy atom. The molecule has 1 aromatic heterocycles. The van der Waals surface area contributed by atoms with Gasteiger partial charge < -0.3 is 15.4 Å². The third-order valence-corrected chi connectivity index (χ3v) is 4.32. The van der Waals surface area contributed by atoms with E-state index in [0.29, 0.717) is 42.0 Å². The Bertz CT molecular complexity index is 475. The predicted octanol–water partition coefficient (Wildman–Crippen LogP) is 3.57. The Morgan fingerprint density at radius 2 is 2.05 bits per heavy atom. The lowest BCUT2D eigenvalue weighted by molar-refractivity contribution is 0.261. The highest BCUT2D eigenvalue weighted by atomic mass is 16.5. The first-order valence-electron chi connectivity index (χ1n) is 8.04. The van der Waals surface area contributed by atoms with E-state index in [9.17, 15) is 0 Å². The number of hydrogen-bond donors (Lipinski definition) is 1. The van der Waals surface area contributed by atoms with Crippen molar-refractivity contribution >= 4 is 11.5 Å². The van der Waals surface area contributed by atoms with Crippen molar-refractivity contribution in [3.8, 4) is 5.88 Å². The minimum Gasteiger partial charge on any atom is -0.476 e. The zero-order valence-electron chi connectivity index (χ0n) is 14.0. The zero-order valence-corrected chi connectivity index (χ0v) is 14.0. The first-order chi connectivity index (χ1) is 9.88. The molecule has 2 rings (SSSR count). The van der Waals surface area contributed by atoms with E-state index < -0.39 is 0 Å². The number of hydrogen-bond acceptors (Lipinski definition) is 4. The maximum absolute atomic E-state index is 5.99. The van der Waals surface area contributed by atoms with Crippen molar-refractivity contribution in [2.75, 3.05) is 23.8 Å². The summed E-state index contributed by atoms with van der Waals surface area (Å²) in [6.45, 7) is 12.8. The number of anilines is 2. The molecule has 4 nitrogen and oxygen atoms in total. The maximum atomic E-state index is 5.99. The van der Waals surface area contributed by atoms with Crippen LogP contribution in [0.2, 0.25) is 0 Å². The summed E-state index contributed by atoms with van der Waals surface area (Å²) < 4.78 is 5.76. The predicted molar refractivity (Wildman–Crippen MR) is 88.7 cm³/mol. The van der Waals surface area contributed by atoms with E-state index in [1.807, 2.05) is 12.1 Å². The van der Waals surface area contributed by atoms with E-state index in [-0.39, 0.29) is 0 Å². The fourth-order valence-electron chi connectivity index (χ4n) is 2.98. The van der Waals surface area contributed by atoms with Gasteiger partial charge in [0.2, 0.25) is 5.88 Å². The number of nitrogen functional groups attached to an aromatic ring is 1. The molecule has 1 saturated heterocycles. The smallest absolute Gasteiger partial charge is 0.239 e. The zero-order chi connectivity index (χ0) is 15.6. The van der Waals surface area contributed by atoms with Crippen molar-refractivity contribution < 1.29 is 4.74 Å². The normalized spacial score (nSPS) is 26.2. The van der Waals surface area contributed by atoms with E-state index >= 15 is 0 Å². The van der Waals surface area contributed by atoms with Crippen molar-refractivity contribution in [2.45, 2.75) is 47.1 Å².